The molecule has 7 nitrogen and oxygen atoms in total. The zero-order valence-electron chi connectivity index (χ0n) is 13.5. The van der Waals surface area contributed by atoms with Gasteiger partial charge in [0.1, 0.15) is 4.83 Å². The molecule has 4 heterocycles. The number of nitrogens with zero attached hydrogens (tertiary/aromatic N) is 4. The fraction of sp³-hybridized carbons (Fsp3) is 0.353. The topological polar surface area (TPSA) is 88.5 Å². The van der Waals surface area contributed by atoms with Crippen molar-refractivity contribution in [3.63, 3.8) is 0 Å². The van der Waals surface area contributed by atoms with Crippen LogP contribution in [0.3, 0.4) is 0 Å². The summed E-state index contributed by atoms with van der Waals surface area (Å²) >= 11 is 1.75. The fourth-order valence-corrected chi connectivity index (χ4v) is 4.67. The monoisotopic (exact) mass is 355 g/mol. The maximum absolute atomic E-state index is 9.15. The number of aliphatic hydroxyl groups excluding tert-OH is 1. The molecule has 2 N–H and O–H groups in total. The third-order valence-corrected chi connectivity index (χ3v) is 5.71. The van der Waals surface area contributed by atoms with Crippen LogP contribution in [0.4, 0.5) is 5.95 Å². The van der Waals surface area contributed by atoms with Crippen LogP contribution in [0.1, 0.15) is 23.3 Å². The van der Waals surface area contributed by atoms with Gasteiger partial charge in [-0.05, 0) is 43.4 Å². The Hall–Kier alpha value is -2.45. The largest absolute Gasteiger partial charge is 0.461 e. The van der Waals surface area contributed by atoms with Crippen molar-refractivity contribution >= 4 is 33.1 Å². The summed E-state index contributed by atoms with van der Waals surface area (Å²) in [6.45, 7) is 0.441. The number of aromatic nitrogens is 4. The summed E-state index contributed by atoms with van der Waals surface area (Å²) in [5.41, 5.74) is 2.17. The Morgan fingerprint density at radius 3 is 3.04 bits per heavy atom. The lowest BCUT2D eigenvalue weighted by atomic mass is 9.97. The normalized spacial score (nSPS) is 14.3. The van der Waals surface area contributed by atoms with Crippen LogP contribution in [-0.2, 0) is 12.8 Å². The van der Waals surface area contributed by atoms with E-state index in [1.165, 1.54) is 23.3 Å². The zero-order chi connectivity index (χ0) is 16.8. The van der Waals surface area contributed by atoms with Gasteiger partial charge in [-0.2, -0.15) is 4.52 Å². The predicted octanol–water partition coefficient (Wildman–Crippen LogP) is 2.88. The average molecular weight is 355 g/mol. The molecule has 0 amide bonds. The van der Waals surface area contributed by atoms with Crippen molar-refractivity contribution in [2.75, 3.05) is 18.5 Å². The molecule has 0 aromatic carbocycles. The molecule has 4 aromatic rings. The molecule has 1 aliphatic rings. The first kappa shape index (κ1) is 14.9. The number of aryl methyl sites for hydroxylation is 2. The van der Waals surface area contributed by atoms with Crippen molar-refractivity contribution in [2.45, 2.75) is 25.7 Å². The quantitative estimate of drug-likeness (QED) is 0.585. The lowest BCUT2D eigenvalue weighted by Crippen LogP contribution is -2.11. The summed E-state index contributed by atoms with van der Waals surface area (Å²) in [7, 11) is 0. The first-order valence-corrected chi connectivity index (χ1v) is 9.26. The SMILES string of the molecule is OCCNc1nc2sc3c(c2c2nc(-c4ccco4)nn12)CCCC3. The van der Waals surface area contributed by atoms with Gasteiger partial charge >= 0.3 is 0 Å². The highest BCUT2D eigenvalue weighted by atomic mass is 32.1. The molecule has 0 atom stereocenters. The molecule has 0 unspecified atom stereocenters. The molecule has 128 valence electrons. The van der Waals surface area contributed by atoms with E-state index in [0.717, 1.165) is 28.7 Å². The molecule has 5 rings (SSSR count). The van der Waals surface area contributed by atoms with Crippen molar-refractivity contribution in [1.29, 1.82) is 0 Å². The molecule has 4 aromatic heterocycles. The molecule has 8 heteroatoms. The van der Waals surface area contributed by atoms with Crippen molar-refractivity contribution in [3.8, 4) is 11.6 Å². The summed E-state index contributed by atoms with van der Waals surface area (Å²) in [5, 5.41) is 18.0. The van der Waals surface area contributed by atoms with Crippen molar-refractivity contribution in [1.82, 2.24) is 19.6 Å². The van der Waals surface area contributed by atoms with E-state index in [2.05, 4.69) is 10.4 Å². The number of furan rings is 1. The minimum Gasteiger partial charge on any atom is -0.461 e. The van der Waals surface area contributed by atoms with Gasteiger partial charge in [0.15, 0.2) is 11.4 Å². The number of thiophene rings is 1. The van der Waals surface area contributed by atoms with Crippen LogP contribution in [0, 0.1) is 0 Å². The molecule has 1 aliphatic carbocycles. The number of hydrogen-bond donors (Lipinski definition) is 2. The first-order valence-electron chi connectivity index (χ1n) is 8.45. The van der Waals surface area contributed by atoms with Gasteiger partial charge < -0.3 is 14.8 Å². The van der Waals surface area contributed by atoms with Crippen LogP contribution in [0.2, 0.25) is 0 Å². The minimum absolute atomic E-state index is 0.0297. The summed E-state index contributed by atoms with van der Waals surface area (Å²) in [6, 6.07) is 3.68. The predicted molar refractivity (Wildman–Crippen MR) is 96.1 cm³/mol. The number of fused-ring (bicyclic) bond motifs is 5. The minimum atomic E-state index is 0.0297. The van der Waals surface area contributed by atoms with Crippen LogP contribution >= 0.6 is 11.3 Å². The third-order valence-electron chi connectivity index (χ3n) is 4.53. The number of anilines is 1. The van der Waals surface area contributed by atoms with Crippen LogP contribution in [0.5, 0.6) is 0 Å². The maximum Gasteiger partial charge on any atom is 0.227 e. The highest BCUT2D eigenvalue weighted by Crippen LogP contribution is 2.38. The molecule has 25 heavy (non-hydrogen) atoms. The third kappa shape index (κ3) is 2.32. The Morgan fingerprint density at radius 1 is 1.28 bits per heavy atom. The number of hydrogen-bond acceptors (Lipinski definition) is 7. The lowest BCUT2D eigenvalue weighted by Gasteiger charge is -2.10. The van der Waals surface area contributed by atoms with Gasteiger partial charge in [-0.1, -0.05) is 0 Å². The molecule has 0 radical (unpaired) electrons. The number of nitrogens with one attached hydrogen (secondary N) is 1. The Balaban J connectivity index is 1.80. The smallest absolute Gasteiger partial charge is 0.227 e. The second-order valence-corrected chi connectivity index (χ2v) is 7.21. The molecule has 0 aliphatic heterocycles. The van der Waals surface area contributed by atoms with Crippen molar-refractivity contribution in [2.24, 2.45) is 0 Å². The summed E-state index contributed by atoms with van der Waals surface area (Å²) < 4.78 is 7.19. The van der Waals surface area contributed by atoms with Gasteiger partial charge in [-0.3, -0.25) is 0 Å². The van der Waals surface area contributed by atoms with Gasteiger partial charge in [0.2, 0.25) is 11.8 Å². The van der Waals surface area contributed by atoms with E-state index in [1.807, 2.05) is 12.1 Å². The van der Waals surface area contributed by atoms with Crippen LogP contribution in [-0.4, -0.2) is 37.8 Å². The van der Waals surface area contributed by atoms with E-state index < -0.39 is 0 Å². The fourth-order valence-electron chi connectivity index (χ4n) is 3.42. The summed E-state index contributed by atoms with van der Waals surface area (Å²) in [5.74, 6) is 1.77. The molecule has 0 saturated heterocycles. The van der Waals surface area contributed by atoms with Gasteiger partial charge in [-0.25, -0.2) is 9.97 Å². The van der Waals surface area contributed by atoms with Crippen LogP contribution < -0.4 is 5.32 Å². The molecule has 0 spiro atoms. The second kappa shape index (κ2) is 5.82. The van der Waals surface area contributed by atoms with E-state index in [-0.39, 0.29) is 6.61 Å². The van der Waals surface area contributed by atoms with E-state index >= 15 is 0 Å². The molecule has 0 bridgehead atoms. The van der Waals surface area contributed by atoms with Crippen LogP contribution in [0.15, 0.2) is 22.8 Å². The maximum atomic E-state index is 9.15. The summed E-state index contributed by atoms with van der Waals surface area (Å²) in [6.07, 6.45) is 6.23. The molecular weight excluding hydrogens is 338 g/mol. The van der Waals surface area contributed by atoms with Gasteiger partial charge in [-0.15, -0.1) is 16.4 Å². The van der Waals surface area contributed by atoms with E-state index in [9.17, 15) is 0 Å². The highest BCUT2D eigenvalue weighted by molar-refractivity contribution is 7.19. The van der Waals surface area contributed by atoms with Gasteiger partial charge in [0, 0.05) is 11.4 Å². The Morgan fingerprint density at radius 2 is 2.20 bits per heavy atom. The summed E-state index contributed by atoms with van der Waals surface area (Å²) in [4.78, 5) is 11.9. The van der Waals surface area contributed by atoms with Crippen molar-refractivity contribution in [3.05, 3.63) is 28.8 Å². The first-order chi connectivity index (χ1) is 12.3. The van der Waals surface area contributed by atoms with E-state index in [1.54, 1.807) is 22.1 Å². The Kier molecular flexibility index (Phi) is 3.46. The Bertz CT molecular complexity index is 1050. The molecule has 0 saturated carbocycles. The molecule has 0 fully saturated rings. The second-order valence-electron chi connectivity index (χ2n) is 6.12. The van der Waals surface area contributed by atoms with Crippen molar-refractivity contribution < 1.29 is 9.52 Å². The van der Waals surface area contributed by atoms with Gasteiger partial charge in [0.05, 0.1) is 18.3 Å². The zero-order valence-corrected chi connectivity index (χ0v) is 14.3. The van der Waals surface area contributed by atoms with Gasteiger partial charge in [0.25, 0.3) is 0 Å². The standard InChI is InChI=1S/C17H17N5O2S/c23-8-7-18-17-20-16-13(10-4-1-2-6-12(10)25-16)15-19-14(21-22(15)17)11-5-3-9-24-11/h3,5,9,23H,1-2,4,6-8H2,(H,18,20). The number of rotatable bonds is 4. The number of aliphatic hydroxyl groups is 1. The van der Waals surface area contributed by atoms with E-state index in [4.69, 9.17) is 19.5 Å². The Labute approximate surface area is 147 Å². The average Bonchev–Trinajstić information content (AvgIpc) is 3.35. The van der Waals surface area contributed by atoms with Crippen LogP contribution in [0.25, 0.3) is 27.4 Å². The highest BCUT2D eigenvalue weighted by Gasteiger charge is 2.23. The molecular formula is C17H17N5O2S. The van der Waals surface area contributed by atoms with E-state index in [0.29, 0.717) is 24.1 Å². The lowest BCUT2D eigenvalue weighted by molar-refractivity contribution is 0.310.